The maximum absolute atomic E-state index is 2.53. The molecule has 0 heteroatoms. The summed E-state index contributed by atoms with van der Waals surface area (Å²) in [6.45, 7) is 9.26. The summed E-state index contributed by atoms with van der Waals surface area (Å²) in [6.07, 6.45) is 7.74. The van der Waals surface area contributed by atoms with Crippen LogP contribution >= 0.6 is 0 Å². The van der Waals surface area contributed by atoms with Gasteiger partial charge in [0.25, 0.3) is 0 Å². The zero-order valence-electron chi connectivity index (χ0n) is 15.9. The van der Waals surface area contributed by atoms with Crippen molar-refractivity contribution in [2.45, 2.75) is 77.6 Å². The molecule has 0 fully saturated rings. The smallest absolute Gasteiger partial charge is 0.0215 e. The van der Waals surface area contributed by atoms with Crippen molar-refractivity contribution in [2.75, 3.05) is 0 Å². The van der Waals surface area contributed by atoms with E-state index in [2.05, 4.69) is 70.2 Å². The molecule has 0 radical (unpaired) electrons. The molecule has 24 heavy (non-hydrogen) atoms. The highest BCUT2D eigenvalue weighted by atomic mass is 14.4. The van der Waals surface area contributed by atoms with E-state index >= 15 is 0 Å². The highest BCUT2D eigenvalue weighted by Gasteiger charge is 2.41. The van der Waals surface area contributed by atoms with E-state index in [9.17, 15) is 0 Å². The summed E-state index contributed by atoms with van der Waals surface area (Å²) >= 11 is 0. The minimum atomic E-state index is 0.239. The molecule has 0 bridgehead atoms. The van der Waals surface area contributed by atoms with Gasteiger partial charge in [-0.05, 0) is 46.6 Å². The first-order valence-electron chi connectivity index (χ1n) is 9.88. The molecule has 0 aromatic heterocycles. The van der Waals surface area contributed by atoms with E-state index in [4.69, 9.17) is 0 Å². The second-order valence-electron chi connectivity index (χ2n) is 7.79. The molecule has 0 saturated carbocycles. The Hall–Kier alpha value is -1.56. The van der Waals surface area contributed by atoms with Crippen molar-refractivity contribution in [3.8, 4) is 11.1 Å². The SMILES string of the molecule is CCCCC1(CCCC)c2ccccc2-c2ccc(C(C)C)cc21. The number of rotatable bonds is 7. The summed E-state index contributed by atoms with van der Waals surface area (Å²) in [5, 5.41) is 0. The molecule has 0 nitrogen and oxygen atoms in total. The van der Waals surface area contributed by atoms with Crippen LogP contribution < -0.4 is 0 Å². The maximum atomic E-state index is 2.53. The monoisotopic (exact) mass is 320 g/mol. The van der Waals surface area contributed by atoms with Gasteiger partial charge in [0.1, 0.15) is 0 Å². The van der Waals surface area contributed by atoms with Gasteiger partial charge < -0.3 is 0 Å². The Morgan fingerprint density at radius 3 is 2.04 bits per heavy atom. The Bertz CT molecular complexity index is 685. The van der Waals surface area contributed by atoms with E-state index < -0.39 is 0 Å². The lowest BCUT2D eigenvalue weighted by Crippen LogP contribution is -2.25. The summed E-state index contributed by atoms with van der Waals surface area (Å²) < 4.78 is 0. The van der Waals surface area contributed by atoms with Crippen molar-refractivity contribution < 1.29 is 0 Å². The van der Waals surface area contributed by atoms with E-state index in [0.717, 1.165) is 0 Å². The maximum Gasteiger partial charge on any atom is 0.0215 e. The van der Waals surface area contributed by atoms with Gasteiger partial charge in [-0.1, -0.05) is 95.8 Å². The third-order valence-electron chi connectivity index (χ3n) is 5.87. The quantitative estimate of drug-likeness (QED) is 0.496. The van der Waals surface area contributed by atoms with Gasteiger partial charge in [0, 0.05) is 5.41 Å². The molecule has 0 spiro atoms. The molecule has 0 saturated heterocycles. The number of hydrogen-bond acceptors (Lipinski definition) is 0. The lowest BCUT2D eigenvalue weighted by Gasteiger charge is -2.33. The molecule has 1 aliphatic rings. The molecule has 2 aromatic rings. The normalized spacial score (nSPS) is 14.7. The summed E-state index contributed by atoms with van der Waals surface area (Å²) in [6, 6.07) is 16.4. The number of benzene rings is 2. The van der Waals surface area contributed by atoms with Crippen molar-refractivity contribution in [3.63, 3.8) is 0 Å². The number of hydrogen-bond donors (Lipinski definition) is 0. The van der Waals surface area contributed by atoms with Gasteiger partial charge in [-0.25, -0.2) is 0 Å². The van der Waals surface area contributed by atoms with Crippen LogP contribution in [0.4, 0.5) is 0 Å². The first kappa shape index (κ1) is 17.3. The van der Waals surface area contributed by atoms with Gasteiger partial charge in [0.15, 0.2) is 0 Å². The molecule has 0 heterocycles. The van der Waals surface area contributed by atoms with Crippen molar-refractivity contribution in [2.24, 2.45) is 0 Å². The average Bonchev–Trinajstić information content (AvgIpc) is 2.88. The van der Waals surface area contributed by atoms with E-state index in [1.807, 2.05) is 0 Å². The van der Waals surface area contributed by atoms with Crippen molar-refractivity contribution in [1.29, 1.82) is 0 Å². The Kier molecular flexibility index (Phi) is 5.13. The first-order chi connectivity index (χ1) is 11.6. The molecule has 0 aliphatic heterocycles. The van der Waals surface area contributed by atoms with Crippen LogP contribution in [0.3, 0.4) is 0 Å². The highest BCUT2D eigenvalue weighted by molar-refractivity contribution is 5.81. The highest BCUT2D eigenvalue weighted by Crippen LogP contribution is 2.54. The molecular weight excluding hydrogens is 288 g/mol. The minimum Gasteiger partial charge on any atom is -0.0654 e. The van der Waals surface area contributed by atoms with Crippen LogP contribution in [0.1, 0.15) is 88.8 Å². The third kappa shape index (κ3) is 2.81. The molecule has 0 unspecified atom stereocenters. The number of fused-ring (bicyclic) bond motifs is 3. The Morgan fingerprint density at radius 2 is 1.42 bits per heavy atom. The molecule has 3 rings (SSSR count). The van der Waals surface area contributed by atoms with E-state index in [-0.39, 0.29) is 5.41 Å². The topological polar surface area (TPSA) is 0 Å². The van der Waals surface area contributed by atoms with Crippen LogP contribution in [0.25, 0.3) is 11.1 Å². The summed E-state index contributed by atoms with van der Waals surface area (Å²) in [5.41, 5.74) is 7.89. The molecular formula is C24H32. The predicted molar refractivity (Wildman–Crippen MR) is 106 cm³/mol. The van der Waals surface area contributed by atoms with Crippen LogP contribution in [0.15, 0.2) is 42.5 Å². The molecule has 128 valence electrons. The molecule has 1 aliphatic carbocycles. The largest absolute Gasteiger partial charge is 0.0654 e. The predicted octanol–water partition coefficient (Wildman–Crippen LogP) is 7.46. The van der Waals surface area contributed by atoms with Gasteiger partial charge in [0.2, 0.25) is 0 Å². The fourth-order valence-electron chi connectivity index (χ4n) is 4.45. The van der Waals surface area contributed by atoms with Gasteiger partial charge in [-0.15, -0.1) is 0 Å². The van der Waals surface area contributed by atoms with E-state index in [1.54, 1.807) is 11.1 Å². The van der Waals surface area contributed by atoms with Gasteiger partial charge in [0.05, 0.1) is 0 Å². The summed E-state index contributed by atoms with van der Waals surface area (Å²) in [4.78, 5) is 0. The number of unbranched alkanes of at least 4 members (excludes halogenated alkanes) is 2. The van der Waals surface area contributed by atoms with Gasteiger partial charge in [-0.2, -0.15) is 0 Å². The molecule has 0 atom stereocenters. The standard InChI is InChI=1S/C24H32/c1-5-7-15-24(16-8-6-2)22-12-10-9-11-20(22)21-14-13-19(18(3)4)17-23(21)24/h9-14,17-18H,5-8,15-16H2,1-4H3. The molecule has 0 N–H and O–H groups in total. The fourth-order valence-corrected chi connectivity index (χ4v) is 4.45. The molecule has 0 amide bonds. The first-order valence-corrected chi connectivity index (χ1v) is 9.88. The summed E-state index contributed by atoms with van der Waals surface area (Å²) in [7, 11) is 0. The Labute approximate surface area is 148 Å². The minimum absolute atomic E-state index is 0.239. The van der Waals surface area contributed by atoms with Crippen LogP contribution in [0.5, 0.6) is 0 Å². The van der Waals surface area contributed by atoms with Crippen LogP contribution in [-0.2, 0) is 5.41 Å². The average molecular weight is 321 g/mol. The van der Waals surface area contributed by atoms with E-state index in [1.165, 1.54) is 55.2 Å². The second-order valence-corrected chi connectivity index (χ2v) is 7.79. The Balaban J connectivity index is 2.20. The van der Waals surface area contributed by atoms with Crippen molar-refractivity contribution in [1.82, 2.24) is 0 Å². The van der Waals surface area contributed by atoms with Crippen LogP contribution in [0, 0.1) is 0 Å². The van der Waals surface area contributed by atoms with Gasteiger partial charge in [-0.3, -0.25) is 0 Å². The van der Waals surface area contributed by atoms with Crippen molar-refractivity contribution in [3.05, 3.63) is 59.2 Å². The fraction of sp³-hybridized carbons (Fsp3) is 0.500. The zero-order chi connectivity index (χ0) is 17.2. The van der Waals surface area contributed by atoms with E-state index in [0.29, 0.717) is 5.92 Å². The summed E-state index contributed by atoms with van der Waals surface area (Å²) in [5.74, 6) is 0.592. The second kappa shape index (κ2) is 7.13. The van der Waals surface area contributed by atoms with Gasteiger partial charge >= 0.3 is 0 Å². The molecule has 2 aromatic carbocycles. The van der Waals surface area contributed by atoms with Crippen LogP contribution in [0.2, 0.25) is 0 Å². The Morgan fingerprint density at radius 1 is 0.792 bits per heavy atom. The zero-order valence-corrected chi connectivity index (χ0v) is 15.9. The van der Waals surface area contributed by atoms with Crippen molar-refractivity contribution >= 4 is 0 Å². The lowest BCUT2D eigenvalue weighted by atomic mass is 9.70. The van der Waals surface area contributed by atoms with Crippen LogP contribution in [-0.4, -0.2) is 0 Å². The lowest BCUT2D eigenvalue weighted by molar-refractivity contribution is 0.414. The third-order valence-corrected chi connectivity index (χ3v) is 5.87.